The molecule has 4 nitrogen and oxygen atoms in total. The molecule has 1 aliphatic rings. The second kappa shape index (κ2) is 5.60. The average molecular weight is 337 g/mol. The number of rotatable bonds is 1. The van der Waals surface area contributed by atoms with E-state index >= 15 is 0 Å². The zero-order valence-electron chi connectivity index (χ0n) is 13.9. The van der Waals surface area contributed by atoms with Gasteiger partial charge in [0.1, 0.15) is 0 Å². The molecule has 0 unspecified atom stereocenters. The van der Waals surface area contributed by atoms with Crippen LogP contribution in [-0.2, 0) is 0 Å². The maximum absolute atomic E-state index is 10.8. The molecule has 0 aliphatic heterocycles. The molecule has 2 atom stereocenters. The summed E-state index contributed by atoms with van der Waals surface area (Å²) >= 11 is 0. The normalized spacial score (nSPS) is 18.2. The molecule has 124 valence electrons. The third-order valence-corrected chi connectivity index (χ3v) is 5.28. The van der Waals surface area contributed by atoms with Gasteiger partial charge in [0.2, 0.25) is 0 Å². The number of benzene rings is 4. The Morgan fingerprint density at radius 3 is 2.42 bits per heavy atom. The second-order valence-corrected chi connectivity index (χ2v) is 6.63. The van der Waals surface area contributed by atoms with E-state index in [9.17, 15) is 5.11 Å². The lowest BCUT2D eigenvalue weighted by Gasteiger charge is -2.30. The molecule has 0 saturated heterocycles. The van der Waals surface area contributed by atoms with Gasteiger partial charge >= 0.3 is 0 Å². The molecular formula is C22H15N3O. The van der Waals surface area contributed by atoms with E-state index < -0.39 is 12.1 Å². The Morgan fingerprint density at radius 2 is 1.54 bits per heavy atom. The highest BCUT2D eigenvalue weighted by Gasteiger charge is 2.32. The van der Waals surface area contributed by atoms with E-state index in [1.807, 2.05) is 36.4 Å². The first-order chi connectivity index (χ1) is 12.8. The number of azide groups is 1. The maximum atomic E-state index is 10.8. The summed E-state index contributed by atoms with van der Waals surface area (Å²) in [6.07, 6.45) is -0.840. The first-order valence-corrected chi connectivity index (χ1v) is 8.55. The summed E-state index contributed by atoms with van der Waals surface area (Å²) < 4.78 is 0. The average Bonchev–Trinajstić information content (AvgIpc) is 2.70. The van der Waals surface area contributed by atoms with Crippen LogP contribution < -0.4 is 0 Å². The number of fused-ring (bicyclic) bond motifs is 6. The fourth-order valence-corrected chi connectivity index (χ4v) is 4.07. The van der Waals surface area contributed by atoms with Crippen molar-refractivity contribution in [1.82, 2.24) is 0 Å². The third kappa shape index (κ3) is 2.04. The topological polar surface area (TPSA) is 69.0 Å². The van der Waals surface area contributed by atoms with Gasteiger partial charge in [0.15, 0.2) is 0 Å². The minimum Gasteiger partial charge on any atom is -0.388 e. The predicted octanol–water partition coefficient (Wildman–Crippen LogP) is 6.06. The lowest BCUT2D eigenvalue weighted by Crippen LogP contribution is -2.15. The second-order valence-electron chi connectivity index (χ2n) is 6.63. The van der Waals surface area contributed by atoms with Crippen molar-refractivity contribution in [1.29, 1.82) is 0 Å². The molecule has 0 spiro atoms. The van der Waals surface area contributed by atoms with Crippen LogP contribution in [0.25, 0.3) is 43.1 Å². The van der Waals surface area contributed by atoms with Gasteiger partial charge in [-0.25, -0.2) is 0 Å². The largest absolute Gasteiger partial charge is 0.388 e. The Hall–Kier alpha value is -3.33. The van der Waals surface area contributed by atoms with Crippen molar-refractivity contribution in [3.8, 4) is 11.1 Å². The number of aliphatic hydroxyl groups is 1. The first kappa shape index (κ1) is 15.0. The molecule has 4 aromatic rings. The molecule has 0 aromatic heterocycles. The van der Waals surface area contributed by atoms with Crippen LogP contribution in [0.1, 0.15) is 23.3 Å². The number of nitrogens with zero attached hydrogens (tertiary/aromatic N) is 3. The fourth-order valence-electron chi connectivity index (χ4n) is 4.07. The Balaban J connectivity index is 1.92. The van der Waals surface area contributed by atoms with E-state index in [1.165, 1.54) is 10.8 Å². The molecule has 1 N–H and O–H groups in total. The van der Waals surface area contributed by atoms with Crippen molar-refractivity contribution in [2.45, 2.75) is 12.1 Å². The van der Waals surface area contributed by atoms with Crippen molar-refractivity contribution in [2.24, 2.45) is 5.11 Å². The van der Waals surface area contributed by atoms with Crippen LogP contribution >= 0.6 is 0 Å². The standard InChI is InChI=1S/C22H15N3O/c23-25-24-21-20-11-14-10-9-13-5-1-2-6-15(13)18(14)12-19(20)16-7-3-4-8-17(16)22(21)26/h1-12,21-22,26H/t21-,22-/m1/s1. The van der Waals surface area contributed by atoms with Crippen LogP contribution in [0, 0.1) is 0 Å². The Labute approximate surface area is 150 Å². The zero-order valence-corrected chi connectivity index (χ0v) is 13.9. The molecule has 4 aromatic carbocycles. The fraction of sp³-hybridized carbons (Fsp3) is 0.0909. The Bertz CT molecular complexity index is 1220. The SMILES string of the molecule is [N-]=[N+]=N[C@@H]1c2cc3ccc4ccccc4c3cc2-c2ccccc2[C@H]1O. The molecule has 0 bridgehead atoms. The van der Waals surface area contributed by atoms with Crippen molar-refractivity contribution in [2.75, 3.05) is 0 Å². The zero-order chi connectivity index (χ0) is 17.7. The number of aliphatic hydroxyl groups excluding tert-OH is 1. The van der Waals surface area contributed by atoms with Gasteiger partial charge in [-0.2, -0.15) is 0 Å². The lowest BCUT2D eigenvalue weighted by atomic mass is 9.79. The third-order valence-electron chi connectivity index (χ3n) is 5.28. The van der Waals surface area contributed by atoms with Gasteiger partial charge in [0.25, 0.3) is 0 Å². The minimum atomic E-state index is -0.840. The van der Waals surface area contributed by atoms with Crippen molar-refractivity contribution in [3.05, 3.63) is 94.4 Å². The first-order valence-electron chi connectivity index (χ1n) is 8.55. The van der Waals surface area contributed by atoms with Gasteiger partial charge in [-0.05, 0) is 61.5 Å². The van der Waals surface area contributed by atoms with E-state index in [0.29, 0.717) is 0 Å². The van der Waals surface area contributed by atoms with Gasteiger partial charge in [-0.3, -0.25) is 0 Å². The summed E-state index contributed by atoms with van der Waals surface area (Å²) in [5.74, 6) is 0. The molecule has 0 heterocycles. The minimum absolute atomic E-state index is 0.624. The van der Waals surface area contributed by atoms with Gasteiger partial charge in [0.05, 0.1) is 12.1 Å². The van der Waals surface area contributed by atoms with Crippen LogP contribution in [0.4, 0.5) is 0 Å². The maximum Gasteiger partial charge on any atom is 0.0933 e. The quantitative estimate of drug-likeness (QED) is 0.195. The van der Waals surface area contributed by atoms with Gasteiger partial charge in [-0.1, -0.05) is 65.8 Å². The molecule has 4 heteroatoms. The van der Waals surface area contributed by atoms with Gasteiger partial charge < -0.3 is 5.11 Å². The van der Waals surface area contributed by atoms with Crippen LogP contribution in [0.3, 0.4) is 0 Å². The van der Waals surface area contributed by atoms with Gasteiger partial charge in [0, 0.05) is 4.91 Å². The van der Waals surface area contributed by atoms with E-state index in [1.54, 1.807) is 0 Å². The van der Waals surface area contributed by atoms with Crippen LogP contribution in [0.5, 0.6) is 0 Å². The predicted molar refractivity (Wildman–Crippen MR) is 104 cm³/mol. The Kier molecular flexibility index (Phi) is 3.22. The summed E-state index contributed by atoms with van der Waals surface area (Å²) in [6.45, 7) is 0. The van der Waals surface area contributed by atoms with Crippen LogP contribution in [0.15, 0.2) is 77.9 Å². The highest BCUT2D eigenvalue weighted by molar-refractivity contribution is 6.09. The van der Waals surface area contributed by atoms with Crippen LogP contribution in [-0.4, -0.2) is 5.11 Å². The molecule has 26 heavy (non-hydrogen) atoms. The summed E-state index contributed by atoms with van der Waals surface area (Å²) in [5.41, 5.74) is 12.7. The summed E-state index contributed by atoms with van der Waals surface area (Å²) in [6, 6.07) is 23.9. The van der Waals surface area contributed by atoms with Crippen molar-refractivity contribution in [3.63, 3.8) is 0 Å². The molecule has 0 fully saturated rings. The van der Waals surface area contributed by atoms with Gasteiger partial charge in [-0.15, -0.1) is 0 Å². The summed E-state index contributed by atoms with van der Waals surface area (Å²) in [5, 5.41) is 19.3. The van der Waals surface area contributed by atoms with Crippen molar-refractivity contribution >= 4 is 21.5 Å². The number of hydrogen-bond acceptors (Lipinski definition) is 2. The molecule has 5 rings (SSSR count). The monoisotopic (exact) mass is 337 g/mol. The highest BCUT2D eigenvalue weighted by Crippen LogP contribution is 2.48. The smallest absolute Gasteiger partial charge is 0.0933 e. The highest BCUT2D eigenvalue weighted by atomic mass is 16.3. The lowest BCUT2D eigenvalue weighted by molar-refractivity contribution is 0.145. The van der Waals surface area contributed by atoms with E-state index in [-0.39, 0.29) is 0 Å². The van der Waals surface area contributed by atoms with Crippen LogP contribution in [0.2, 0.25) is 0 Å². The van der Waals surface area contributed by atoms with E-state index in [0.717, 1.165) is 33.0 Å². The molecule has 0 amide bonds. The molecule has 0 saturated carbocycles. The summed E-state index contributed by atoms with van der Waals surface area (Å²) in [7, 11) is 0. The number of hydrogen-bond donors (Lipinski definition) is 1. The van der Waals surface area contributed by atoms with Crippen molar-refractivity contribution < 1.29 is 5.11 Å². The Morgan fingerprint density at radius 1 is 0.769 bits per heavy atom. The van der Waals surface area contributed by atoms with E-state index in [2.05, 4.69) is 46.4 Å². The molecular weight excluding hydrogens is 322 g/mol. The molecule has 0 radical (unpaired) electrons. The summed E-state index contributed by atoms with van der Waals surface area (Å²) in [4.78, 5) is 2.98. The van der Waals surface area contributed by atoms with E-state index in [4.69, 9.17) is 5.53 Å². The molecule has 1 aliphatic carbocycles.